The van der Waals surface area contributed by atoms with Crippen LogP contribution < -0.4 is 21.9 Å². The lowest BCUT2D eigenvalue weighted by Crippen LogP contribution is -2.40. The Kier molecular flexibility index (Phi) is 5.23. The number of carbonyl (C=O) groups excluding carboxylic acids is 2. The molecule has 1 aromatic carbocycles. The smallest absolute Gasteiger partial charge is 0.271 e. The van der Waals surface area contributed by atoms with Crippen molar-refractivity contribution in [1.82, 2.24) is 15.0 Å². The minimum absolute atomic E-state index is 0.0175. The molecule has 2 heterocycles. The van der Waals surface area contributed by atoms with Crippen LogP contribution >= 0.6 is 0 Å². The zero-order valence-corrected chi connectivity index (χ0v) is 14.7. The molecule has 3 aromatic rings. The molecule has 0 saturated heterocycles. The van der Waals surface area contributed by atoms with Crippen LogP contribution in [0.2, 0.25) is 0 Å². The summed E-state index contributed by atoms with van der Waals surface area (Å²) in [5.74, 6) is 5.77. The first-order valence-corrected chi connectivity index (χ1v) is 8.26. The number of para-hydroxylation sites is 1. The summed E-state index contributed by atoms with van der Waals surface area (Å²) in [5, 5.41) is 5.27. The standard InChI is InChI=1S/C18H19N7O2/c1-11(7-9-26)25(20)15-10-22-16(17(19)27)18(24-15)23-14-6-8-21-13-5-3-2-4-12(13)14/h2-6,8-11H,7,20H2,1H3,(H2,19,27)(H,21,23,24)/t11-/m1/s1. The zero-order valence-electron chi connectivity index (χ0n) is 14.7. The number of nitrogens with two attached hydrogens (primary N) is 2. The number of nitrogens with zero attached hydrogens (tertiary/aromatic N) is 4. The first-order valence-electron chi connectivity index (χ1n) is 8.26. The fraction of sp³-hybridized carbons (Fsp3) is 0.167. The van der Waals surface area contributed by atoms with Crippen LogP contribution in [-0.4, -0.2) is 33.2 Å². The average molecular weight is 365 g/mol. The minimum Gasteiger partial charge on any atom is -0.364 e. The normalized spacial score (nSPS) is 11.8. The van der Waals surface area contributed by atoms with Gasteiger partial charge in [-0.15, -0.1) is 0 Å². The van der Waals surface area contributed by atoms with Crippen LogP contribution in [0.3, 0.4) is 0 Å². The van der Waals surface area contributed by atoms with Gasteiger partial charge in [-0.25, -0.2) is 15.8 Å². The lowest BCUT2D eigenvalue weighted by Gasteiger charge is -2.24. The maximum Gasteiger partial charge on any atom is 0.271 e. The van der Waals surface area contributed by atoms with Crippen LogP contribution in [0, 0.1) is 0 Å². The van der Waals surface area contributed by atoms with Crippen LogP contribution in [0.4, 0.5) is 17.3 Å². The van der Waals surface area contributed by atoms with E-state index in [0.29, 0.717) is 11.5 Å². The number of hydrazine groups is 1. The second-order valence-corrected chi connectivity index (χ2v) is 5.95. The average Bonchev–Trinajstić information content (AvgIpc) is 2.67. The minimum atomic E-state index is -0.723. The van der Waals surface area contributed by atoms with Crippen molar-refractivity contribution in [2.75, 3.05) is 10.3 Å². The molecule has 9 nitrogen and oxygen atoms in total. The number of nitrogens with one attached hydrogen (secondary N) is 1. The predicted molar refractivity (Wildman–Crippen MR) is 102 cm³/mol. The molecular weight excluding hydrogens is 346 g/mol. The van der Waals surface area contributed by atoms with Gasteiger partial charge in [-0.05, 0) is 19.1 Å². The van der Waals surface area contributed by atoms with Crippen molar-refractivity contribution in [3.05, 3.63) is 48.4 Å². The molecule has 0 spiro atoms. The third-order valence-corrected chi connectivity index (χ3v) is 4.07. The van der Waals surface area contributed by atoms with Gasteiger partial charge in [0.2, 0.25) is 0 Å². The number of benzene rings is 1. The van der Waals surface area contributed by atoms with Gasteiger partial charge < -0.3 is 15.8 Å². The van der Waals surface area contributed by atoms with Crippen LogP contribution in [-0.2, 0) is 4.79 Å². The molecule has 2 aromatic heterocycles. The van der Waals surface area contributed by atoms with Crippen LogP contribution in [0.1, 0.15) is 23.8 Å². The predicted octanol–water partition coefficient (Wildman–Crippen LogP) is 1.52. The van der Waals surface area contributed by atoms with Crippen LogP contribution in [0.5, 0.6) is 0 Å². The Hall–Kier alpha value is -3.59. The molecule has 0 saturated carbocycles. The van der Waals surface area contributed by atoms with E-state index in [1.165, 1.54) is 11.2 Å². The summed E-state index contributed by atoms with van der Waals surface area (Å²) in [7, 11) is 0. The number of fused-ring (bicyclic) bond motifs is 1. The molecule has 0 aliphatic carbocycles. The molecule has 138 valence electrons. The van der Waals surface area contributed by atoms with Gasteiger partial charge in [0, 0.05) is 18.0 Å². The first-order chi connectivity index (χ1) is 13.0. The number of hydrogen-bond donors (Lipinski definition) is 3. The van der Waals surface area contributed by atoms with Gasteiger partial charge >= 0.3 is 0 Å². The van der Waals surface area contributed by atoms with Gasteiger partial charge in [-0.2, -0.15) is 0 Å². The molecule has 3 rings (SSSR count). The van der Waals surface area contributed by atoms with E-state index >= 15 is 0 Å². The Bertz CT molecular complexity index is 987. The van der Waals surface area contributed by atoms with Gasteiger partial charge in [0.05, 0.1) is 23.4 Å². The second-order valence-electron chi connectivity index (χ2n) is 5.95. The Morgan fingerprint density at radius 3 is 2.81 bits per heavy atom. The second kappa shape index (κ2) is 7.75. The number of pyridine rings is 1. The largest absolute Gasteiger partial charge is 0.364 e. The molecule has 27 heavy (non-hydrogen) atoms. The monoisotopic (exact) mass is 365 g/mol. The Morgan fingerprint density at radius 1 is 1.30 bits per heavy atom. The third-order valence-electron chi connectivity index (χ3n) is 4.07. The molecule has 5 N–H and O–H groups in total. The number of primary amides is 1. The molecule has 0 unspecified atom stereocenters. The fourth-order valence-electron chi connectivity index (χ4n) is 2.58. The SMILES string of the molecule is C[C@H](CC=O)N(N)c1cnc(C(N)=O)c(Nc2ccnc3ccccc23)n1. The summed E-state index contributed by atoms with van der Waals surface area (Å²) < 4.78 is 0. The summed E-state index contributed by atoms with van der Waals surface area (Å²) in [4.78, 5) is 35.3. The van der Waals surface area contributed by atoms with Crippen molar-refractivity contribution >= 4 is 40.4 Å². The number of rotatable bonds is 7. The van der Waals surface area contributed by atoms with Crippen molar-refractivity contribution in [1.29, 1.82) is 0 Å². The van der Waals surface area contributed by atoms with Gasteiger partial charge in [0.15, 0.2) is 17.3 Å². The van der Waals surface area contributed by atoms with Gasteiger partial charge in [-0.1, -0.05) is 18.2 Å². The molecule has 0 aliphatic heterocycles. The van der Waals surface area contributed by atoms with E-state index in [2.05, 4.69) is 20.3 Å². The highest BCUT2D eigenvalue weighted by Crippen LogP contribution is 2.26. The van der Waals surface area contributed by atoms with E-state index in [0.717, 1.165) is 17.2 Å². The molecule has 1 atom stereocenters. The van der Waals surface area contributed by atoms with Crippen LogP contribution in [0.15, 0.2) is 42.7 Å². The number of carbonyl (C=O) groups is 2. The molecule has 0 radical (unpaired) electrons. The lowest BCUT2D eigenvalue weighted by atomic mass is 10.2. The highest BCUT2D eigenvalue weighted by molar-refractivity contribution is 5.98. The van der Waals surface area contributed by atoms with E-state index in [1.54, 1.807) is 19.2 Å². The maximum atomic E-state index is 11.8. The number of anilines is 3. The number of hydrogen-bond acceptors (Lipinski definition) is 8. The maximum absolute atomic E-state index is 11.8. The summed E-state index contributed by atoms with van der Waals surface area (Å²) in [6.45, 7) is 1.78. The summed E-state index contributed by atoms with van der Waals surface area (Å²) in [6, 6.07) is 9.01. The van der Waals surface area contributed by atoms with E-state index in [1.807, 2.05) is 24.3 Å². The Morgan fingerprint density at radius 2 is 2.07 bits per heavy atom. The summed E-state index contributed by atoms with van der Waals surface area (Å²) >= 11 is 0. The molecule has 0 aliphatic rings. The third kappa shape index (κ3) is 3.82. The number of amides is 1. The first kappa shape index (κ1) is 18.2. The van der Waals surface area contributed by atoms with E-state index < -0.39 is 5.91 Å². The van der Waals surface area contributed by atoms with Crippen molar-refractivity contribution in [2.45, 2.75) is 19.4 Å². The van der Waals surface area contributed by atoms with E-state index in [9.17, 15) is 9.59 Å². The summed E-state index contributed by atoms with van der Waals surface area (Å²) in [5.41, 5.74) is 6.89. The summed E-state index contributed by atoms with van der Waals surface area (Å²) in [6.07, 6.45) is 4.00. The quantitative estimate of drug-likeness (QED) is 0.325. The van der Waals surface area contributed by atoms with Gasteiger partial charge in [0.25, 0.3) is 5.91 Å². The Labute approximate surface area is 155 Å². The fourth-order valence-corrected chi connectivity index (χ4v) is 2.58. The van der Waals surface area contributed by atoms with E-state index in [4.69, 9.17) is 11.6 Å². The topological polar surface area (TPSA) is 140 Å². The lowest BCUT2D eigenvalue weighted by molar-refractivity contribution is -0.108. The van der Waals surface area contributed by atoms with Crippen molar-refractivity contribution in [2.24, 2.45) is 11.6 Å². The highest BCUT2D eigenvalue weighted by Gasteiger charge is 2.18. The van der Waals surface area contributed by atoms with Crippen molar-refractivity contribution in [3.63, 3.8) is 0 Å². The molecule has 0 bridgehead atoms. The molecule has 1 amide bonds. The number of aldehydes is 1. The Balaban J connectivity index is 2.03. The van der Waals surface area contributed by atoms with E-state index in [-0.39, 0.29) is 24.0 Å². The van der Waals surface area contributed by atoms with Gasteiger partial charge in [-0.3, -0.25) is 14.8 Å². The molecule has 0 fully saturated rings. The zero-order chi connectivity index (χ0) is 19.4. The van der Waals surface area contributed by atoms with Crippen LogP contribution in [0.25, 0.3) is 10.9 Å². The molecular formula is C18H19N7O2. The van der Waals surface area contributed by atoms with Crippen molar-refractivity contribution < 1.29 is 9.59 Å². The number of aromatic nitrogens is 3. The van der Waals surface area contributed by atoms with Crippen molar-refractivity contribution in [3.8, 4) is 0 Å². The highest BCUT2D eigenvalue weighted by atomic mass is 16.1. The van der Waals surface area contributed by atoms with Gasteiger partial charge in [0.1, 0.15) is 6.29 Å². The molecule has 9 heteroatoms.